The number of halogens is 1. The third kappa shape index (κ3) is 5.20. The van der Waals surface area contributed by atoms with Gasteiger partial charge in [-0.15, -0.1) is 0 Å². The van der Waals surface area contributed by atoms with Gasteiger partial charge in [-0.1, -0.05) is 54.1 Å². The van der Waals surface area contributed by atoms with E-state index in [4.69, 9.17) is 16.0 Å². The monoisotopic (exact) mass is 511 g/mol. The lowest BCUT2D eigenvalue weighted by molar-refractivity contribution is 0.0953. The molecule has 0 fully saturated rings. The molecule has 3 aromatic carbocycles. The Balaban J connectivity index is 1.33. The number of hydrogen-bond donors (Lipinski definition) is 2. The SMILES string of the molecule is Cc1cc(Cl)ccc1NC(=O)c1oc2c(c1C)/C(=N/NC(=O)c1ccc(-c3ccccc3)cc1)CCC2. The van der Waals surface area contributed by atoms with E-state index in [1.807, 2.05) is 56.3 Å². The molecule has 0 saturated carbocycles. The van der Waals surface area contributed by atoms with Crippen LogP contribution in [0.5, 0.6) is 0 Å². The second kappa shape index (κ2) is 10.4. The van der Waals surface area contributed by atoms with Gasteiger partial charge >= 0.3 is 0 Å². The predicted octanol–water partition coefficient (Wildman–Crippen LogP) is 6.94. The quantitative estimate of drug-likeness (QED) is 0.285. The van der Waals surface area contributed by atoms with Crippen LogP contribution in [0, 0.1) is 13.8 Å². The lowest BCUT2D eigenvalue weighted by atomic mass is 9.93. The molecule has 1 heterocycles. The highest BCUT2D eigenvalue weighted by atomic mass is 35.5. The third-order valence-corrected chi connectivity index (χ3v) is 6.75. The Morgan fingerprint density at radius 1 is 0.892 bits per heavy atom. The second-order valence-corrected chi connectivity index (χ2v) is 9.50. The lowest BCUT2D eigenvalue weighted by Crippen LogP contribution is -2.22. The van der Waals surface area contributed by atoms with E-state index in [1.54, 1.807) is 30.3 Å². The molecule has 5 rings (SSSR count). The van der Waals surface area contributed by atoms with Crippen molar-refractivity contribution in [3.63, 3.8) is 0 Å². The fourth-order valence-electron chi connectivity index (χ4n) is 4.57. The van der Waals surface area contributed by atoms with Crippen molar-refractivity contribution < 1.29 is 14.0 Å². The maximum absolute atomic E-state index is 13.0. The van der Waals surface area contributed by atoms with Crippen LogP contribution in [0.2, 0.25) is 5.02 Å². The van der Waals surface area contributed by atoms with Crippen LogP contribution < -0.4 is 10.7 Å². The maximum Gasteiger partial charge on any atom is 0.291 e. The first-order valence-electron chi connectivity index (χ1n) is 12.1. The van der Waals surface area contributed by atoms with Gasteiger partial charge in [-0.2, -0.15) is 5.10 Å². The van der Waals surface area contributed by atoms with Crippen LogP contribution in [0.3, 0.4) is 0 Å². The molecule has 186 valence electrons. The van der Waals surface area contributed by atoms with Gasteiger partial charge in [-0.3, -0.25) is 9.59 Å². The second-order valence-electron chi connectivity index (χ2n) is 9.06. The summed E-state index contributed by atoms with van der Waals surface area (Å²) >= 11 is 6.03. The van der Waals surface area contributed by atoms with Crippen molar-refractivity contribution in [3.05, 3.63) is 112 Å². The molecule has 2 amide bonds. The van der Waals surface area contributed by atoms with Crippen molar-refractivity contribution in [2.24, 2.45) is 5.10 Å². The zero-order valence-electron chi connectivity index (χ0n) is 20.6. The molecule has 0 atom stereocenters. The largest absolute Gasteiger partial charge is 0.455 e. The number of aryl methyl sites for hydroxylation is 2. The number of carbonyl (C=O) groups is 2. The average molecular weight is 512 g/mol. The topological polar surface area (TPSA) is 83.7 Å². The van der Waals surface area contributed by atoms with E-state index in [0.29, 0.717) is 46.2 Å². The van der Waals surface area contributed by atoms with Gasteiger partial charge in [0.25, 0.3) is 11.8 Å². The zero-order valence-corrected chi connectivity index (χ0v) is 21.4. The van der Waals surface area contributed by atoms with Crippen molar-refractivity contribution in [1.29, 1.82) is 0 Å². The first-order chi connectivity index (χ1) is 17.9. The molecule has 0 aliphatic heterocycles. The van der Waals surface area contributed by atoms with Crippen LogP contribution in [0.1, 0.15) is 56.2 Å². The molecular weight excluding hydrogens is 486 g/mol. The number of hydrazone groups is 1. The van der Waals surface area contributed by atoms with Gasteiger partial charge in [0.1, 0.15) is 5.76 Å². The predicted molar refractivity (Wildman–Crippen MR) is 146 cm³/mol. The Labute approximate surface area is 220 Å². The molecule has 1 aliphatic carbocycles. The van der Waals surface area contributed by atoms with Crippen LogP contribution in [0.15, 0.2) is 82.3 Å². The van der Waals surface area contributed by atoms with E-state index in [2.05, 4.69) is 15.8 Å². The number of hydrogen-bond acceptors (Lipinski definition) is 4. The van der Waals surface area contributed by atoms with E-state index < -0.39 is 0 Å². The van der Waals surface area contributed by atoms with Crippen LogP contribution in [-0.2, 0) is 6.42 Å². The van der Waals surface area contributed by atoms with Crippen molar-refractivity contribution in [2.45, 2.75) is 33.1 Å². The Morgan fingerprint density at radius 2 is 1.62 bits per heavy atom. The van der Waals surface area contributed by atoms with Gasteiger partial charge in [-0.25, -0.2) is 5.43 Å². The van der Waals surface area contributed by atoms with E-state index in [1.165, 1.54) is 0 Å². The van der Waals surface area contributed by atoms with Gasteiger partial charge in [-0.05, 0) is 73.7 Å². The van der Waals surface area contributed by atoms with E-state index in [-0.39, 0.29) is 17.6 Å². The number of amides is 2. The average Bonchev–Trinajstić information content (AvgIpc) is 3.26. The zero-order chi connectivity index (χ0) is 25.9. The number of rotatable bonds is 5. The number of benzene rings is 3. The molecule has 0 spiro atoms. The van der Waals surface area contributed by atoms with Crippen molar-refractivity contribution in [3.8, 4) is 11.1 Å². The van der Waals surface area contributed by atoms with Gasteiger partial charge in [0.05, 0.1) is 5.71 Å². The molecule has 0 unspecified atom stereocenters. The molecule has 0 saturated heterocycles. The highest BCUT2D eigenvalue weighted by molar-refractivity contribution is 6.30. The molecule has 6 nitrogen and oxygen atoms in total. The molecule has 1 aromatic heterocycles. The summed E-state index contributed by atoms with van der Waals surface area (Å²) in [5.41, 5.74) is 9.06. The number of nitrogens with one attached hydrogen (secondary N) is 2. The van der Waals surface area contributed by atoms with Crippen LogP contribution in [0.25, 0.3) is 11.1 Å². The summed E-state index contributed by atoms with van der Waals surface area (Å²) in [5.74, 6) is 0.328. The van der Waals surface area contributed by atoms with Gasteiger partial charge in [0, 0.05) is 33.8 Å². The summed E-state index contributed by atoms with van der Waals surface area (Å²) in [7, 11) is 0. The smallest absolute Gasteiger partial charge is 0.291 e. The molecule has 2 N–H and O–H groups in total. The number of nitrogens with zero attached hydrogens (tertiary/aromatic N) is 1. The highest BCUT2D eigenvalue weighted by Gasteiger charge is 2.28. The minimum Gasteiger partial charge on any atom is -0.455 e. The van der Waals surface area contributed by atoms with Crippen molar-refractivity contribution in [1.82, 2.24) is 5.43 Å². The number of carbonyl (C=O) groups excluding carboxylic acids is 2. The number of anilines is 1. The number of furan rings is 1. The van der Waals surface area contributed by atoms with Crippen LogP contribution >= 0.6 is 11.6 Å². The number of fused-ring (bicyclic) bond motifs is 1. The molecule has 4 aromatic rings. The van der Waals surface area contributed by atoms with Gasteiger partial charge in [0.15, 0.2) is 5.76 Å². The fourth-order valence-corrected chi connectivity index (χ4v) is 4.80. The lowest BCUT2D eigenvalue weighted by Gasteiger charge is -2.13. The first-order valence-corrected chi connectivity index (χ1v) is 12.5. The van der Waals surface area contributed by atoms with E-state index in [9.17, 15) is 9.59 Å². The Morgan fingerprint density at radius 3 is 2.35 bits per heavy atom. The molecule has 7 heteroatoms. The molecule has 0 bridgehead atoms. The molecule has 1 aliphatic rings. The van der Waals surface area contributed by atoms with Crippen molar-refractivity contribution >= 4 is 34.8 Å². The molecule has 37 heavy (non-hydrogen) atoms. The minimum atomic E-state index is -0.334. The van der Waals surface area contributed by atoms with E-state index in [0.717, 1.165) is 28.7 Å². The summed E-state index contributed by atoms with van der Waals surface area (Å²) in [6.45, 7) is 3.72. The summed E-state index contributed by atoms with van der Waals surface area (Å²) in [4.78, 5) is 25.8. The standard InChI is InChI=1S/C30H26ClN3O3/c1-18-17-23(31)15-16-24(18)32-30(36)28-19(2)27-25(9-6-10-26(27)37-28)33-34-29(35)22-13-11-21(12-14-22)20-7-4-3-5-8-20/h3-5,7-8,11-17H,6,9-10H2,1-2H3,(H,32,36)(H,34,35)/b33-25+. The highest BCUT2D eigenvalue weighted by Crippen LogP contribution is 2.31. The Bertz CT molecular complexity index is 1510. The molecular formula is C30H26ClN3O3. The van der Waals surface area contributed by atoms with E-state index >= 15 is 0 Å². The van der Waals surface area contributed by atoms with Crippen LogP contribution in [0.4, 0.5) is 5.69 Å². The summed E-state index contributed by atoms with van der Waals surface area (Å²) < 4.78 is 5.98. The Hall–Kier alpha value is -4.16. The third-order valence-electron chi connectivity index (χ3n) is 6.52. The van der Waals surface area contributed by atoms with Crippen molar-refractivity contribution in [2.75, 3.05) is 5.32 Å². The maximum atomic E-state index is 13.0. The summed E-state index contributed by atoms with van der Waals surface area (Å²) in [6.07, 6.45) is 2.20. The van der Waals surface area contributed by atoms with Gasteiger partial charge in [0.2, 0.25) is 0 Å². The Kier molecular flexibility index (Phi) is 6.93. The first kappa shape index (κ1) is 24.5. The normalized spacial score (nSPS) is 13.8. The summed E-state index contributed by atoms with van der Waals surface area (Å²) in [6, 6.07) is 22.7. The minimum absolute atomic E-state index is 0.247. The molecule has 0 radical (unpaired) electrons. The summed E-state index contributed by atoms with van der Waals surface area (Å²) in [5, 5.41) is 7.95. The fraction of sp³-hybridized carbons (Fsp3) is 0.167. The van der Waals surface area contributed by atoms with Gasteiger partial charge < -0.3 is 9.73 Å². The van der Waals surface area contributed by atoms with Crippen LogP contribution in [-0.4, -0.2) is 17.5 Å².